The fraction of sp³-hybridized carbons (Fsp3) is 0.273. The van der Waals surface area contributed by atoms with Crippen LogP contribution in [0.3, 0.4) is 0 Å². The maximum Gasteiger partial charge on any atom is 0.277 e. The van der Waals surface area contributed by atoms with Crippen molar-refractivity contribution < 1.29 is 4.79 Å². The standard InChI is InChI=1S/C11H13N5O/c1-3-8-5-14-16-10(8)15-11(17)9-6-12-7(2)4-13-9/h4-6H,3H2,1-2H3,(H2,14,15,16,17). The van der Waals surface area contributed by atoms with Gasteiger partial charge in [-0.25, -0.2) is 4.98 Å². The van der Waals surface area contributed by atoms with Gasteiger partial charge in [0, 0.05) is 11.8 Å². The SMILES string of the molecule is CCc1cn[nH]c1NC(=O)c1cnc(C)cn1. The number of carbonyl (C=O) groups is 1. The fourth-order valence-corrected chi connectivity index (χ4v) is 1.37. The number of aromatic amines is 1. The van der Waals surface area contributed by atoms with E-state index in [1.165, 1.54) is 6.20 Å². The van der Waals surface area contributed by atoms with Crippen molar-refractivity contribution in [3.05, 3.63) is 35.5 Å². The summed E-state index contributed by atoms with van der Waals surface area (Å²) in [7, 11) is 0. The molecule has 0 radical (unpaired) electrons. The van der Waals surface area contributed by atoms with E-state index < -0.39 is 0 Å². The maximum absolute atomic E-state index is 11.8. The molecule has 0 bridgehead atoms. The Bertz CT molecular complexity index is 517. The maximum atomic E-state index is 11.8. The van der Waals surface area contributed by atoms with E-state index in [9.17, 15) is 4.79 Å². The normalized spacial score (nSPS) is 10.2. The van der Waals surface area contributed by atoms with Crippen LogP contribution in [-0.4, -0.2) is 26.1 Å². The molecule has 0 saturated heterocycles. The Balaban J connectivity index is 2.14. The van der Waals surface area contributed by atoms with Crippen LogP contribution in [0.4, 0.5) is 5.82 Å². The van der Waals surface area contributed by atoms with Gasteiger partial charge in [0.25, 0.3) is 5.91 Å². The highest BCUT2D eigenvalue weighted by molar-refractivity contribution is 6.02. The molecule has 0 aliphatic carbocycles. The lowest BCUT2D eigenvalue weighted by atomic mass is 10.2. The van der Waals surface area contributed by atoms with E-state index in [2.05, 4.69) is 25.5 Å². The largest absolute Gasteiger partial charge is 0.305 e. The number of aromatic nitrogens is 4. The van der Waals surface area contributed by atoms with Crippen LogP contribution < -0.4 is 5.32 Å². The summed E-state index contributed by atoms with van der Waals surface area (Å²) in [6.07, 6.45) is 5.50. The number of amides is 1. The van der Waals surface area contributed by atoms with Crippen LogP contribution >= 0.6 is 0 Å². The molecule has 0 aliphatic heterocycles. The lowest BCUT2D eigenvalue weighted by molar-refractivity contribution is 0.102. The van der Waals surface area contributed by atoms with E-state index >= 15 is 0 Å². The van der Waals surface area contributed by atoms with E-state index in [0.29, 0.717) is 5.82 Å². The van der Waals surface area contributed by atoms with Gasteiger partial charge in [0.1, 0.15) is 11.5 Å². The third-order valence-electron chi connectivity index (χ3n) is 2.35. The van der Waals surface area contributed by atoms with E-state index in [1.54, 1.807) is 12.4 Å². The average molecular weight is 231 g/mol. The van der Waals surface area contributed by atoms with Crippen molar-refractivity contribution in [2.24, 2.45) is 0 Å². The fourth-order valence-electron chi connectivity index (χ4n) is 1.37. The summed E-state index contributed by atoms with van der Waals surface area (Å²) in [6.45, 7) is 3.81. The van der Waals surface area contributed by atoms with Crippen molar-refractivity contribution in [1.82, 2.24) is 20.2 Å². The number of H-pyrrole nitrogens is 1. The third-order valence-corrected chi connectivity index (χ3v) is 2.35. The first kappa shape index (κ1) is 11.3. The quantitative estimate of drug-likeness (QED) is 0.834. The molecule has 2 heterocycles. The average Bonchev–Trinajstić information content (AvgIpc) is 2.77. The van der Waals surface area contributed by atoms with Crippen LogP contribution in [0, 0.1) is 6.92 Å². The highest BCUT2D eigenvalue weighted by Crippen LogP contribution is 2.12. The van der Waals surface area contributed by atoms with Gasteiger partial charge < -0.3 is 5.32 Å². The Morgan fingerprint density at radius 1 is 1.35 bits per heavy atom. The number of carbonyl (C=O) groups excluding carboxylic acids is 1. The predicted octanol–water partition coefficient (Wildman–Crippen LogP) is 1.32. The lowest BCUT2D eigenvalue weighted by Crippen LogP contribution is -2.15. The molecule has 0 fully saturated rings. The molecule has 2 aromatic heterocycles. The molecule has 2 N–H and O–H groups in total. The second-order valence-electron chi connectivity index (χ2n) is 3.62. The summed E-state index contributed by atoms with van der Waals surface area (Å²) in [6, 6.07) is 0. The number of hydrogen-bond acceptors (Lipinski definition) is 4. The number of rotatable bonds is 3. The van der Waals surface area contributed by atoms with E-state index in [0.717, 1.165) is 17.7 Å². The molecule has 0 atom stereocenters. The van der Waals surface area contributed by atoms with Gasteiger partial charge in [0.15, 0.2) is 0 Å². The predicted molar refractivity (Wildman–Crippen MR) is 62.7 cm³/mol. The van der Waals surface area contributed by atoms with Gasteiger partial charge in [0.2, 0.25) is 0 Å². The minimum Gasteiger partial charge on any atom is -0.305 e. The van der Waals surface area contributed by atoms with Crippen molar-refractivity contribution in [3.8, 4) is 0 Å². The Hall–Kier alpha value is -2.24. The molecule has 6 nitrogen and oxygen atoms in total. The number of nitrogens with one attached hydrogen (secondary N) is 2. The molecule has 88 valence electrons. The molecular weight excluding hydrogens is 218 g/mol. The van der Waals surface area contributed by atoms with Crippen molar-refractivity contribution in [1.29, 1.82) is 0 Å². The second kappa shape index (κ2) is 4.73. The van der Waals surface area contributed by atoms with E-state index in [4.69, 9.17) is 0 Å². The third kappa shape index (κ3) is 2.47. The van der Waals surface area contributed by atoms with Gasteiger partial charge in [-0.05, 0) is 13.3 Å². The van der Waals surface area contributed by atoms with Crippen molar-refractivity contribution >= 4 is 11.7 Å². The molecule has 1 amide bonds. The summed E-state index contributed by atoms with van der Waals surface area (Å²) in [5.41, 5.74) is 2.02. The Labute approximate surface area is 98.5 Å². The Kier molecular flexibility index (Phi) is 3.13. The van der Waals surface area contributed by atoms with Gasteiger partial charge in [-0.15, -0.1) is 0 Å². The zero-order chi connectivity index (χ0) is 12.3. The van der Waals surface area contributed by atoms with Crippen molar-refractivity contribution in [3.63, 3.8) is 0 Å². The van der Waals surface area contributed by atoms with Crippen LogP contribution in [0.2, 0.25) is 0 Å². The number of anilines is 1. The summed E-state index contributed by atoms with van der Waals surface area (Å²) in [5.74, 6) is 0.316. The van der Waals surface area contributed by atoms with Crippen molar-refractivity contribution in [2.45, 2.75) is 20.3 Å². The monoisotopic (exact) mass is 231 g/mol. The van der Waals surface area contributed by atoms with Crippen LogP contribution in [0.1, 0.15) is 28.7 Å². The van der Waals surface area contributed by atoms with Crippen molar-refractivity contribution in [2.75, 3.05) is 5.32 Å². The number of aryl methyl sites for hydroxylation is 2. The van der Waals surface area contributed by atoms with Gasteiger partial charge in [-0.1, -0.05) is 6.92 Å². The first-order valence-electron chi connectivity index (χ1n) is 5.33. The molecule has 0 saturated carbocycles. The van der Waals surface area contributed by atoms with E-state index in [-0.39, 0.29) is 11.6 Å². The van der Waals surface area contributed by atoms with Crippen LogP contribution in [0.25, 0.3) is 0 Å². The molecule has 17 heavy (non-hydrogen) atoms. The highest BCUT2D eigenvalue weighted by Gasteiger charge is 2.11. The Morgan fingerprint density at radius 3 is 2.82 bits per heavy atom. The summed E-state index contributed by atoms with van der Waals surface area (Å²) in [4.78, 5) is 19.9. The molecule has 0 aliphatic rings. The van der Waals surface area contributed by atoms with Crippen LogP contribution in [-0.2, 0) is 6.42 Å². The zero-order valence-corrected chi connectivity index (χ0v) is 9.69. The highest BCUT2D eigenvalue weighted by atomic mass is 16.2. The summed E-state index contributed by atoms with van der Waals surface area (Å²) >= 11 is 0. The molecule has 2 aromatic rings. The summed E-state index contributed by atoms with van der Waals surface area (Å²) in [5, 5.41) is 9.33. The molecule has 0 unspecified atom stereocenters. The molecule has 0 spiro atoms. The molecule has 6 heteroatoms. The van der Waals surface area contributed by atoms with Crippen LogP contribution in [0.5, 0.6) is 0 Å². The minimum absolute atomic E-state index is 0.284. The molecule has 0 aromatic carbocycles. The van der Waals surface area contributed by atoms with Gasteiger partial charge in [-0.3, -0.25) is 14.9 Å². The smallest absolute Gasteiger partial charge is 0.277 e. The zero-order valence-electron chi connectivity index (χ0n) is 9.69. The van der Waals surface area contributed by atoms with Gasteiger partial charge >= 0.3 is 0 Å². The van der Waals surface area contributed by atoms with Gasteiger partial charge in [-0.2, -0.15) is 5.10 Å². The lowest BCUT2D eigenvalue weighted by Gasteiger charge is -2.03. The van der Waals surface area contributed by atoms with Crippen LogP contribution in [0.15, 0.2) is 18.6 Å². The number of hydrogen-bond donors (Lipinski definition) is 2. The minimum atomic E-state index is -0.295. The van der Waals surface area contributed by atoms with E-state index in [1.807, 2.05) is 13.8 Å². The first-order valence-corrected chi connectivity index (χ1v) is 5.33. The second-order valence-corrected chi connectivity index (χ2v) is 3.62. The summed E-state index contributed by atoms with van der Waals surface area (Å²) < 4.78 is 0. The first-order chi connectivity index (χ1) is 8.20. The molecule has 2 rings (SSSR count). The molecular formula is C11H13N5O. The number of nitrogens with zero attached hydrogens (tertiary/aromatic N) is 3. The van der Waals surface area contributed by atoms with Gasteiger partial charge in [0.05, 0.1) is 18.1 Å². The Morgan fingerprint density at radius 2 is 2.18 bits per heavy atom. The topological polar surface area (TPSA) is 83.6 Å².